The van der Waals surface area contributed by atoms with Gasteiger partial charge in [-0.25, -0.2) is 0 Å². The first-order chi connectivity index (χ1) is 5.41. The largest absolute Gasteiger partial charge is 0.385 e. The quantitative estimate of drug-likeness (QED) is 0.499. The summed E-state index contributed by atoms with van der Waals surface area (Å²) in [6, 6.07) is 0. The lowest BCUT2D eigenvalue weighted by Crippen LogP contribution is -1.89. The summed E-state index contributed by atoms with van der Waals surface area (Å²) in [7, 11) is 1.75. The van der Waals surface area contributed by atoms with Gasteiger partial charge in [-0.2, -0.15) is 0 Å². The predicted molar refractivity (Wildman–Crippen MR) is 47.5 cm³/mol. The van der Waals surface area contributed by atoms with Crippen LogP contribution in [0.25, 0.3) is 0 Å². The second kappa shape index (κ2) is 9.92. The van der Waals surface area contributed by atoms with Gasteiger partial charge in [0.15, 0.2) is 0 Å². The fourth-order valence-electron chi connectivity index (χ4n) is 1.08. The molecule has 0 aliphatic rings. The molecule has 11 heavy (non-hydrogen) atoms. The van der Waals surface area contributed by atoms with Crippen molar-refractivity contribution >= 4 is 0 Å². The van der Waals surface area contributed by atoms with E-state index in [1.54, 1.807) is 7.11 Å². The fourth-order valence-corrected chi connectivity index (χ4v) is 1.08. The molecule has 0 aliphatic carbocycles. The number of nitrogens with one attached hydrogen (secondary N) is 1. The summed E-state index contributed by atoms with van der Waals surface area (Å²) < 4.78 is 4.94. The van der Waals surface area contributed by atoms with Gasteiger partial charge in [0.25, 0.3) is 0 Å². The zero-order valence-electron chi connectivity index (χ0n) is 7.57. The van der Waals surface area contributed by atoms with Crippen LogP contribution >= 0.6 is 0 Å². The van der Waals surface area contributed by atoms with Crippen LogP contribution in [0.3, 0.4) is 0 Å². The number of ether oxygens (including phenoxy) is 1. The number of rotatable bonds is 8. The Morgan fingerprint density at radius 1 is 0.909 bits per heavy atom. The lowest BCUT2D eigenvalue weighted by molar-refractivity contribution is 0.192. The van der Waals surface area contributed by atoms with E-state index in [0.717, 1.165) is 13.0 Å². The third-order valence-electron chi connectivity index (χ3n) is 1.78. The summed E-state index contributed by atoms with van der Waals surface area (Å²) in [5, 5.41) is 0. The third-order valence-corrected chi connectivity index (χ3v) is 1.78. The van der Waals surface area contributed by atoms with Crippen LogP contribution in [-0.2, 0) is 4.74 Å². The van der Waals surface area contributed by atoms with Gasteiger partial charge in [0, 0.05) is 20.3 Å². The standard InChI is InChI=1S/C9H20NO/c1-11-9-7-5-3-2-4-6-8-10/h10H,2-9H2,1H3. The van der Waals surface area contributed by atoms with Gasteiger partial charge in [-0.3, -0.25) is 5.73 Å². The molecule has 0 aliphatic heterocycles. The zero-order valence-corrected chi connectivity index (χ0v) is 7.57. The molecule has 0 saturated heterocycles. The average molecular weight is 158 g/mol. The highest BCUT2D eigenvalue weighted by molar-refractivity contribution is 4.44. The molecule has 67 valence electrons. The third kappa shape index (κ3) is 9.92. The molecule has 0 unspecified atom stereocenters. The molecule has 0 saturated carbocycles. The lowest BCUT2D eigenvalue weighted by Gasteiger charge is -1.99. The SMILES string of the molecule is COCCCCCCCC[NH]. The van der Waals surface area contributed by atoms with Gasteiger partial charge >= 0.3 is 0 Å². The van der Waals surface area contributed by atoms with E-state index < -0.39 is 0 Å². The van der Waals surface area contributed by atoms with Crippen molar-refractivity contribution in [2.75, 3.05) is 20.3 Å². The molecular weight excluding hydrogens is 138 g/mol. The highest BCUT2D eigenvalue weighted by atomic mass is 16.5. The van der Waals surface area contributed by atoms with E-state index in [0.29, 0.717) is 6.54 Å². The first-order valence-electron chi connectivity index (χ1n) is 4.55. The molecule has 0 aromatic carbocycles. The molecule has 0 bridgehead atoms. The Hall–Kier alpha value is -0.0800. The van der Waals surface area contributed by atoms with Crippen LogP contribution in [-0.4, -0.2) is 20.3 Å². The summed E-state index contributed by atoms with van der Waals surface area (Å²) in [4.78, 5) is 0. The number of hydrogen-bond acceptors (Lipinski definition) is 1. The molecule has 1 radical (unpaired) electrons. The second-order valence-corrected chi connectivity index (χ2v) is 2.86. The second-order valence-electron chi connectivity index (χ2n) is 2.86. The lowest BCUT2D eigenvalue weighted by atomic mass is 10.1. The van der Waals surface area contributed by atoms with E-state index in [2.05, 4.69) is 0 Å². The van der Waals surface area contributed by atoms with Crippen molar-refractivity contribution < 1.29 is 4.74 Å². The predicted octanol–water partition coefficient (Wildman–Crippen LogP) is 2.26. The van der Waals surface area contributed by atoms with Crippen molar-refractivity contribution in [3.63, 3.8) is 0 Å². The topological polar surface area (TPSA) is 33.0 Å². The normalized spacial score (nSPS) is 10.4. The Morgan fingerprint density at radius 2 is 1.45 bits per heavy atom. The Bertz CT molecular complexity index is 58.6. The van der Waals surface area contributed by atoms with Gasteiger partial charge in [-0.15, -0.1) is 0 Å². The summed E-state index contributed by atoms with van der Waals surface area (Å²) in [6.45, 7) is 1.50. The van der Waals surface area contributed by atoms with Crippen LogP contribution in [0.1, 0.15) is 38.5 Å². The molecule has 0 aromatic rings. The van der Waals surface area contributed by atoms with E-state index in [1.165, 1.54) is 32.1 Å². The maximum absolute atomic E-state index is 6.93. The Morgan fingerprint density at radius 3 is 2.00 bits per heavy atom. The van der Waals surface area contributed by atoms with Crippen LogP contribution in [0, 0.1) is 0 Å². The molecule has 0 aromatic heterocycles. The van der Waals surface area contributed by atoms with Gasteiger partial charge in [0.05, 0.1) is 0 Å². The van der Waals surface area contributed by atoms with Crippen LogP contribution in [0.5, 0.6) is 0 Å². The Balaban J connectivity index is 2.69. The molecule has 0 fully saturated rings. The molecule has 2 heteroatoms. The number of hydrogen-bond donors (Lipinski definition) is 0. The molecule has 2 nitrogen and oxygen atoms in total. The van der Waals surface area contributed by atoms with Gasteiger partial charge in [0.1, 0.15) is 0 Å². The van der Waals surface area contributed by atoms with Gasteiger partial charge in [0.2, 0.25) is 0 Å². The minimum Gasteiger partial charge on any atom is -0.385 e. The summed E-state index contributed by atoms with van der Waals surface area (Å²) in [5.41, 5.74) is 6.93. The highest BCUT2D eigenvalue weighted by Crippen LogP contribution is 2.04. The van der Waals surface area contributed by atoms with Crippen LogP contribution in [0.15, 0.2) is 0 Å². The van der Waals surface area contributed by atoms with Crippen molar-refractivity contribution in [3.05, 3.63) is 0 Å². The fraction of sp³-hybridized carbons (Fsp3) is 1.00. The van der Waals surface area contributed by atoms with E-state index in [9.17, 15) is 0 Å². The van der Waals surface area contributed by atoms with Crippen LogP contribution in [0.2, 0.25) is 0 Å². The first kappa shape index (κ1) is 10.9. The first-order valence-corrected chi connectivity index (χ1v) is 4.55. The zero-order chi connectivity index (χ0) is 8.36. The molecule has 0 heterocycles. The van der Waals surface area contributed by atoms with Crippen LogP contribution < -0.4 is 5.73 Å². The van der Waals surface area contributed by atoms with Crippen molar-refractivity contribution in [2.24, 2.45) is 0 Å². The smallest absolute Gasteiger partial charge is 0.0462 e. The van der Waals surface area contributed by atoms with E-state index in [1.807, 2.05) is 0 Å². The van der Waals surface area contributed by atoms with Crippen molar-refractivity contribution in [2.45, 2.75) is 38.5 Å². The summed E-state index contributed by atoms with van der Waals surface area (Å²) in [6.07, 6.45) is 7.38. The maximum atomic E-state index is 6.93. The van der Waals surface area contributed by atoms with E-state index in [-0.39, 0.29) is 0 Å². The summed E-state index contributed by atoms with van der Waals surface area (Å²) >= 11 is 0. The summed E-state index contributed by atoms with van der Waals surface area (Å²) in [5.74, 6) is 0. The van der Waals surface area contributed by atoms with E-state index in [4.69, 9.17) is 10.5 Å². The highest BCUT2D eigenvalue weighted by Gasteiger charge is 1.89. The number of unbranched alkanes of at least 4 members (excludes halogenated alkanes) is 5. The monoisotopic (exact) mass is 158 g/mol. The van der Waals surface area contributed by atoms with Gasteiger partial charge in [-0.05, 0) is 12.8 Å². The minimum atomic E-state index is 0.595. The average Bonchev–Trinajstić information content (AvgIpc) is 2.03. The Labute approximate surface area is 70.1 Å². The van der Waals surface area contributed by atoms with E-state index >= 15 is 0 Å². The Kier molecular flexibility index (Phi) is 9.85. The minimum absolute atomic E-state index is 0.595. The van der Waals surface area contributed by atoms with Crippen LogP contribution in [0.4, 0.5) is 0 Å². The number of methoxy groups -OCH3 is 1. The van der Waals surface area contributed by atoms with Crippen molar-refractivity contribution in [3.8, 4) is 0 Å². The maximum Gasteiger partial charge on any atom is 0.0462 e. The van der Waals surface area contributed by atoms with Crippen molar-refractivity contribution in [1.29, 1.82) is 0 Å². The molecule has 0 rings (SSSR count). The molecular formula is C9H20NO. The molecule has 1 N–H and O–H groups in total. The van der Waals surface area contributed by atoms with Gasteiger partial charge < -0.3 is 4.74 Å². The van der Waals surface area contributed by atoms with Crippen molar-refractivity contribution in [1.82, 2.24) is 5.73 Å². The van der Waals surface area contributed by atoms with Gasteiger partial charge in [-0.1, -0.05) is 25.7 Å². The molecule has 0 amide bonds. The molecule has 0 spiro atoms. The molecule has 0 atom stereocenters.